The number of anilines is 1. The van der Waals surface area contributed by atoms with Crippen molar-refractivity contribution in [2.75, 3.05) is 12.4 Å². The summed E-state index contributed by atoms with van der Waals surface area (Å²) in [6, 6.07) is 3.74. The lowest BCUT2D eigenvalue weighted by molar-refractivity contribution is 0.548. The van der Waals surface area contributed by atoms with Crippen LogP contribution in [-0.2, 0) is 0 Å². The van der Waals surface area contributed by atoms with Gasteiger partial charge in [0.05, 0.1) is 5.02 Å². The molecule has 0 unspecified atom stereocenters. The summed E-state index contributed by atoms with van der Waals surface area (Å²) < 4.78 is 5.56. The molecule has 6 heteroatoms. The number of halogens is 1. The van der Waals surface area contributed by atoms with E-state index in [0.29, 0.717) is 15.7 Å². The van der Waals surface area contributed by atoms with E-state index in [4.69, 9.17) is 34.1 Å². The van der Waals surface area contributed by atoms with Gasteiger partial charge in [-0.1, -0.05) is 11.6 Å². The highest BCUT2D eigenvalue weighted by atomic mass is 35.5. The van der Waals surface area contributed by atoms with Gasteiger partial charge in [0, 0.05) is 18.1 Å². The van der Waals surface area contributed by atoms with Gasteiger partial charge in [-0.15, -0.1) is 0 Å². The first-order chi connectivity index (χ1) is 8.40. The second-order valence-electron chi connectivity index (χ2n) is 4.17. The normalized spacial score (nSPS) is 10.7. The van der Waals surface area contributed by atoms with Crippen molar-refractivity contribution in [1.29, 1.82) is 0 Å². The molecule has 0 atom stereocenters. The Balaban J connectivity index is 2.52. The van der Waals surface area contributed by atoms with Gasteiger partial charge >= 0.3 is 0 Å². The molecule has 0 bridgehead atoms. The summed E-state index contributed by atoms with van der Waals surface area (Å²) in [5, 5.41) is 6.35. The molecule has 0 aliphatic rings. The first-order valence-electron chi connectivity index (χ1n) is 5.39. The number of nitrogens with one attached hydrogen (secondary N) is 1. The van der Waals surface area contributed by atoms with E-state index in [9.17, 15) is 0 Å². The quantitative estimate of drug-likeness (QED) is 0.478. The Hall–Kier alpha value is -1.30. The van der Waals surface area contributed by atoms with Gasteiger partial charge in [0.25, 0.3) is 0 Å². The van der Waals surface area contributed by atoms with Crippen LogP contribution in [0.1, 0.15) is 11.3 Å². The summed E-state index contributed by atoms with van der Waals surface area (Å²) in [4.78, 5) is 0. The van der Waals surface area contributed by atoms with Crippen molar-refractivity contribution in [3.8, 4) is 0 Å². The predicted molar refractivity (Wildman–Crippen MR) is 78.9 cm³/mol. The fraction of sp³-hybridized carbons (Fsp3) is 0.250. The lowest BCUT2D eigenvalue weighted by Gasteiger charge is -2.17. The standard InChI is InChI=1S/C12H14ClN3OS/c1-6-4-8-7(2)10(15-12(18)16(3)14)5-9(13)11(8)17-6/h4-5H,14H2,1-3H3,(H,15,18). The maximum Gasteiger partial charge on any atom is 0.187 e. The van der Waals surface area contributed by atoms with E-state index in [1.165, 1.54) is 5.01 Å². The fourth-order valence-corrected chi connectivity index (χ4v) is 2.11. The number of hydrogen-bond acceptors (Lipinski definition) is 3. The molecule has 0 saturated carbocycles. The minimum Gasteiger partial charge on any atom is -0.460 e. The number of fused-ring (bicyclic) bond motifs is 1. The van der Waals surface area contributed by atoms with Crippen LogP contribution in [0.5, 0.6) is 0 Å². The van der Waals surface area contributed by atoms with Crippen molar-refractivity contribution in [1.82, 2.24) is 5.01 Å². The summed E-state index contributed by atoms with van der Waals surface area (Å²) >= 11 is 11.3. The molecule has 1 aromatic heterocycles. The Morgan fingerprint density at radius 3 is 2.72 bits per heavy atom. The van der Waals surface area contributed by atoms with Gasteiger partial charge in [0.15, 0.2) is 10.7 Å². The number of nitrogens with two attached hydrogens (primary N) is 1. The van der Waals surface area contributed by atoms with Crippen molar-refractivity contribution in [2.24, 2.45) is 5.84 Å². The van der Waals surface area contributed by atoms with Crippen molar-refractivity contribution in [2.45, 2.75) is 13.8 Å². The molecule has 96 valence electrons. The first-order valence-corrected chi connectivity index (χ1v) is 6.17. The molecular weight excluding hydrogens is 270 g/mol. The summed E-state index contributed by atoms with van der Waals surface area (Å²) in [6.45, 7) is 3.87. The molecule has 0 spiro atoms. The van der Waals surface area contributed by atoms with Crippen molar-refractivity contribution < 1.29 is 4.42 Å². The lowest BCUT2D eigenvalue weighted by atomic mass is 10.1. The van der Waals surface area contributed by atoms with Gasteiger partial charge in [0.1, 0.15) is 5.76 Å². The number of nitrogens with zero attached hydrogens (tertiary/aromatic N) is 1. The lowest BCUT2D eigenvalue weighted by Crippen LogP contribution is -2.36. The minimum absolute atomic E-state index is 0.425. The second-order valence-corrected chi connectivity index (χ2v) is 4.97. The molecule has 0 amide bonds. The van der Waals surface area contributed by atoms with E-state index >= 15 is 0 Å². The van der Waals surface area contributed by atoms with Crippen molar-refractivity contribution >= 4 is 45.6 Å². The van der Waals surface area contributed by atoms with Crippen LogP contribution in [0.15, 0.2) is 16.5 Å². The van der Waals surface area contributed by atoms with Gasteiger partial charge in [-0.25, -0.2) is 5.84 Å². The molecule has 2 aromatic rings. The van der Waals surface area contributed by atoms with Crippen LogP contribution in [0, 0.1) is 13.8 Å². The molecule has 2 rings (SSSR count). The second kappa shape index (κ2) is 4.76. The zero-order chi connectivity index (χ0) is 13.4. The minimum atomic E-state index is 0.425. The maximum atomic E-state index is 6.19. The number of hydrogen-bond donors (Lipinski definition) is 2. The monoisotopic (exact) mass is 283 g/mol. The van der Waals surface area contributed by atoms with E-state index in [-0.39, 0.29) is 0 Å². The average molecular weight is 284 g/mol. The Morgan fingerprint density at radius 1 is 1.44 bits per heavy atom. The molecule has 0 aliphatic heterocycles. The largest absolute Gasteiger partial charge is 0.460 e. The van der Waals surface area contributed by atoms with Crippen LogP contribution >= 0.6 is 23.8 Å². The third-order valence-electron chi connectivity index (χ3n) is 2.71. The Bertz CT molecular complexity index is 621. The molecule has 1 aromatic carbocycles. The van der Waals surface area contributed by atoms with Gasteiger partial charge in [0.2, 0.25) is 0 Å². The van der Waals surface area contributed by atoms with E-state index < -0.39 is 0 Å². The van der Waals surface area contributed by atoms with Crippen molar-refractivity contribution in [3.63, 3.8) is 0 Å². The zero-order valence-electron chi connectivity index (χ0n) is 10.4. The van der Waals surface area contributed by atoms with E-state index in [2.05, 4.69) is 5.32 Å². The van der Waals surface area contributed by atoms with E-state index in [1.807, 2.05) is 19.9 Å². The van der Waals surface area contributed by atoms with E-state index in [1.54, 1.807) is 13.1 Å². The Morgan fingerprint density at radius 2 is 2.11 bits per heavy atom. The number of benzene rings is 1. The first kappa shape index (κ1) is 13.1. The third kappa shape index (κ3) is 2.29. The Kier molecular flexibility index (Phi) is 3.47. The van der Waals surface area contributed by atoms with Crippen LogP contribution in [-0.4, -0.2) is 17.2 Å². The van der Waals surface area contributed by atoms with Crippen LogP contribution in [0.2, 0.25) is 5.02 Å². The molecule has 0 aliphatic carbocycles. The molecule has 18 heavy (non-hydrogen) atoms. The van der Waals surface area contributed by atoms with Gasteiger partial charge < -0.3 is 9.73 Å². The predicted octanol–water partition coefficient (Wildman–Crippen LogP) is 3.21. The molecule has 0 fully saturated rings. The summed E-state index contributed by atoms with van der Waals surface area (Å²) in [5.41, 5.74) is 2.55. The van der Waals surface area contributed by atoms with Gasteiger partial charge in [-0.3, -0.25) is 5.01 Å². The number of hydrazine groups is 1. The van der Waals surface area contributed by atoms with Crippen molar-refractivity contribution in [3.05, 3.63) is 28.5 Å². The summed E-state index contributed by atoms with van der Waals surface area (Å²) in [5.74, 6) is 6.39. The number of rotatable bonds is 1. The third-order valence-corrected chi connectivity index (χ3v) is 3.38. The SMILES string of the molecule is Cc1cc2c(C)c(NC(=S)N(C)N)cc(Cl)c2o1. The molecule has 0 saturated heterocycles. The molecule has 0 radical (unpaired) electrons. The van der Waals surface area contributed by atoms with Gasteiger partial charge in [-0.05, 0) is 43.8 Å². The number of thiocarbonyl (C=S) groups is 1. The number of aryl methyl sites for hydroxylation is 2. The van der Waals surface area contributed by atoms with Crippen LogP contribution < -0.4 is 11.2 Å². The maximum absolute atomic E-state index is 6.19. The van der Waals surface area contributed by atoms with Crippen LogP contribution in [0.25, 0.3) is 11.0 Å². The summed E-state index contributed by atoms with van der Waals surface area (Å²) in [7, 11) is 1.67. The van der Waals surface area contributed by atoms with E-state index in [0.717, 1.165) is 22.4 Å². The van der Waals surface area contributed by atoms with Crippen LogP contribution in [0.4, 0.5) is 5.69 Å². The number of furan rings is 1. The summed E-state index contributed by atoms with van der Waals surface area (Å²) in [6.07, 6.45) is 0. The van der Waals surface area contributed by atoms with Gasteiger partial charge in [-0.2, -0.15) is 0 Å². The molecule has 4 nitrogen and oxygen atoms in total. The highest BCUT2D eigenvalue weighted by molar-refractivity contribution is 7.80. The topological polar surface area (TPSA) is 54.4 Å². The fourth-order valence-electron chi connectivity index (χ4n) is 1.75. The van der Waals surface area contributed by atoms with Crippen LogP contribution in [0.3, 0.4) is 0 Å². The molecular formula is C12H14ClN3OS. The Labute approximate surface area is 116 Å². The smallest absolute Gasteiger partial charge is 0.187 e. The zero-order valence-corrected chi connectivity index (χ0v) is 11.9. The highest BCUT2D eigenvalue weighted by Gasteiger charge is 2.13. The average Bonchev–Trinajstić information content (AvgIpc) is 2.68. The molecule has 1 heterocycles. The molecule has 3 N–H and O–H groups in total. The highest BCUT2D eigenvalue weighted by Crippen LogP contribution is 2.34.